The van der Waals surface area contributed by atoms with Crippen LogP contribution in [0.3, 0.4) is 0 Å². The normalized spacial score (nSPS) is 18.0. The van der Waals surface area contributed by atoms with Gasteiger partial charge in [-0.25, -0.2) is 4.79 Å². The van der Waals surface area contributed by atoms with Gasteiger partial charge in [0.15, 0.2) is 0 Å². The molecule has 1 aliphatic carbocycles. The third kappa shape index (κ3) is 7.32. The summed E-state index contributed by atoms with van der Waals surface area (Å²) in [7, 11) is 1.72. The summed E-state index contributed by atoms with van der Waals surface area (Å²) in [5.41, 5.74) is 3.60. The van der Waals surface area contributed by atoms with Crippen LogP contribution in [0.2, 0.25) is 0 Å². The van der Waals surface area contributed by atoms with E-state index in [1.807, 2.05) is 31.7 Å². The standard InChI is InChI=1S/C36H46N2O3/c1-34(2,3)41-33(39)38(24-19-29-11-7-5-8-12-29)28-36(30-13-9-6-10-14-30)22-25-37(26-23-36)27-35(20-21-35)31-15-17-32(40-4)18-16-31/h5-18H,19-28H2,1-4H3. The molecule has 5 heteroatoms. The van der Waals surface area contributed by atoms with E-state index in [2.05, 4.69) is 83.8 Å². The molecule has 3 aromatic carbocycles. The molecule has 0 spiro atoms. The monoisotopic (exact) mass is 554 g/mol. The zero-order valence-electron chi connectivity index (χ0n) is 25.3. The van der Waals surface area contributed by atoms with E-state index in [1.165, 1.54) is 29.5 Å². The number of nitrogens with zero attached hydrogens (tertiary/aromatic N) is 2. The summed E-state index contributed by atoms with van der Waals surface area (Å²) in [6, 6.07) is 29.9. The Morgan fingerprint density at radius 2 is 1.39 bits per heavy atom. The average molecular weight is 555 g/mol. The van der Waals surface area contributed by atoms with Crippen molar-refractivity contribution < 1.29 is 14.3 Å². The van der Waals surface area contributed by atoms with Gasteiger partial charge < -0.3 is 19.3 Å². The number of rotatable bonds is 10. The van der Waals surface area contributed by atoms with Crippen LogP contribution in [-0.4, -0.2) is 61.3 Å². The highest BCUT2D eigenvalue weighted by atomic mass is 16.6. The van der Waals surface area contributed by atoms with Gasteiger partial charge in [0.2, 0.25) is 0 Å². The van der Waals surface area contributed by atoms with Crippen molar-refractivity contribution in [2.75, 3.05) is 39.8 Å². The summed E-state index contributed by atoms with van der Waals surface area (Å²) in [6.07, 6.45) is 5.10. The fourth-order valence-electron chi connectivity index (χ4n) is 6.37. The average Bonchev–Trinajstić information content (AvgIpc) is 3.77. The molecular formula is C36H46N2O3. The number of hydrogen-bond donors (Lipinski definition) is 0. The van der Waals surface area contributed by atoms with E-state index >= 15 is 0 Å². The van der Waals surface area contributed by atoms with Crippen LogP contribution in [0.4, 0.5) is 4.79 Å². The van der Waals surface area contributed by atoms with Crippen molar-refractivity contribution in [3.63, 3.8) is 0 Å². The molecule has 0 bridgehead atoms. The zero-order valence-corrected chi connectivity index (χ0v) is 25.3. The Bertz CT molecular complexity index is 1260. The molecule has 2 aliphatic rings. The fraction of sp³-hybridized carbons (Fsp3) is 0.472. The number of ether oxygens (including phenoxy) is 2. The third-order valence-electron chi connectivity index (χ3n) is 8.94. The number of benzene rings is 3. The summed E-state index contributed by atoms with van der Waals surface area (Å²) in [5, 5.41) is 0. The predicted molar refractivity (Wildman–Crippen MR) is 166 cm³/mol. The van der Waals surface area contributed by atoms with Crippen LogP contribution in [0.5, 0.6) is 5.75 Å². The molecule has 0 N–H and O–H groups in total. The molecular weight excluding hydrogens is 508 g/mol. The van der Waals surface area contributed by atoms with E-state index in [0.717, 1.165) is 44.6 Å². The molecule has 0 unspecified atom stereocenters. The van der Waals surface area contributed by atoms with E-state index in [4.69, 9.17) is 9.47 Å². The van der Waals surface area contributed by atoms with Crippen molar-refractivity contribution in [3.05, 3.63) is 102 Å². The molecule has 1 saturated carbocycles. The van der Waals surface area contributed by atoms with Gasteiger partial charge in [-0.05, 0) is 94.8 Å². The molecule has 41 heavy (non-hydrogen) atoms. The van der Waals surface area contributed by atoms with Gasteiger partial charge in [0.1, 0.15) is 11.4 Å². The maximum absolute atomic E-state index is 13.6. The second-order valence-electron chi connectivity index (χ2n) is 13.1. The molecule has 3 aromatic rings. The maximum Gasteiger partial charge on any atom is 0.410 e. The molecule has 218 valence electrons. The van der Waals surface area contributed by atoms with Gasteiger partial charge in [0.25, 0.3) is 0 Å². The number of piperidine rings is 1. The van der Waals surface area contributed by atoms with Crippen LogP contribution in [0.25, 0.3) is 0 Å². The molecule has 1 aliphatic heterocycles. The van der Waals surface area contributed by atoms with Gasteiger partial charge >= 0.3 is 6.09 Å². The zero-order chi connectivity index (χ0) is 28.9. The molecule has 0 radical (unpaired) electrons. The van der Waals surface area contributed by atoms with Crippen LogP contribution in [0, 0.1) is 0 Å². The number of methoxy groups -OCH3 is 1. The Hall–Kier alpha value is -3.31. The largest absolute Gasteiger partial charge is 0.497 e. The molecule has 1 heterocycles. The first kappa shape index (κ1) is 29.2. The Morgan fingerprint density at radius 1 is 0.805 bits per heavy atom. The van der Waals surface area contributed by atoms with Crippen molar-refractivity contribution in [2.24, 2.45) is 0 Å². The van der Waals surface area contributed by atoms with Crippen molar-refractivity contribution in [1.29, 1.82) is 0 Å². The van der Waals surface area contributed by atoms with Crippen LogP contribution in [-0.2, 0) is 22.0 Å². The Morgan fingerprint density at radius 3 is 1.95 bits per heavy atom. The highest BCUT2D eigenvalue weighted by molar-refractivity contribution is 5.68. The van der Waals surface area contributed by atoms with Crippen LogP contribution >= 0.6 is 0 Å². The Balaban J connectivity index is 1.33. The lowest BCUT2D eigenvalue weighted by Crippen LogP contribution is -2.52. The lowest BCUT2D eigenvalue weighted by molar-refractivity contribution is 0.0162. The van der Waals surface area contributed by atoms with Gasteiger partial charge in [0, 0.05) is 30.5 Å². The number of hydrogen-bond acceptors (Lipinski definition) is 4. The third-order valence-corrected chi connectivity index (χ3v) is 8.94. The lowest BCUT2D eigenvalue weighted by Gasteiger charge is -2.45. The maximum atomic E-state index is 13.6. The molecule has 1 amide bonds. The van der Waals surface area contributed by atoms with E-state index in [9.17, 15) is 4.79 Å². The van der Waals surface area contributed by atoms with Crippen LogP contribution in [0.1, 0.15) is 63.1 Å². The topological polar surface area (TPSA) is 42.0 Å². The quantitative estimate of drug-likeness (QED) is 0.265. The van der Waals surface area contributed by atoms with E-state index in [1.54, 1.807) is 7.11 Å². The molecule has 2 fully saturated rings. The van der Waals surface area contributed by atoms with Crippen molar-refractivity contribution in [1.82, 2.24) is 9.80 Å². The number of likely N-dealkylation sites (tertiary alicyclic amines) is 1. The van der Waals surface area contributed by atoms with Gasteiger partial charge in [-0.15, -0.1) is 0 Å². The molecule has 1 saturated heterocycles. The Labute approximate surface area is 246 Å². The van der Waals surface area contributed by atoms with Crippen LogP contribution < -0.4 is 4.74 Å². The summed E-state index contributed by atoms with van der Waals surface area (Å²) < 4.78 is 11.3. The van der Waals surface area contributed by atoms with Crippen molar-refractivity contribution >= 4 is 6.09 Å². The van der Waals surface area contributed by atoms with E-state index in [-0.39, 0.29) is 16.9 Å². The first-order valence-corrected chi connectivity index (χ1v) is 15.1. The number of carbonyl (C=O) groups excluding carboxylic acids is 1. The predicted octanol–water partition coefficient (Wildman–Crippen LogP) is 7.24. The van der Waals surface area contributed by atoms with E-state index in [0.29, 0.717) is 13.1 Å². The minimum Gasteiger partial charge on any atom is -0.497 e. The van der Waals surface area contributed by atoms with Gasteiger partial charge in [0.05, 0.1) is 7.11 Å². The fourth-order valence-corrected chi connectivity index (χ4v) is 6.37. The Kier molecular flexibility index (Phi) is 8.74. The summed E-state index contributed by atoms with van der Waals surface area (Å²) in [4.78, 5) is 18.2. The summed E-state index contributed by atoms with van der Waals surface area (Å²) in [5.74, 6) is 0.914. The summed E-state index contributed by atoms with van der Waals surface area (Å²) in [6.45, 7) is 10.3. The first-order chi connectivity index (χ1) is 19.7. The molecule has 0 aromatic heterocycles. The van der Waals surface area contributed by atoms with E-state index < -0.39 is 5.60 Å². The van der Waals surface area contributed by atoms with Crippen LogP contribution in [0.15, 0.2) is 84.9 Å². The SMILES string of the molecule is COc1ccc(C2(CN3CCC(CN(CCc4ccccc4)C(=O)OC(C)(C)C)(c4ccccc4)CC3)CC2)cc1. The highest BCUT2D eigenvalue weighted by Gasteiger charge is 2.47. The molecule has 5 rings (SSSR count). The number of carbonyl (C=O) groups is 1. The van der Waals surface area contributed by atoms with Gasteiger partial charge in [-0.2, -0.15) is 0 Å². The van der Waals surface area contributed by atoms with Gasteiger partial charge in [-0.1, -0.05) is 72.8 Å². The second kappa shape index (κ2) is 12.3. The first-order valence-electron chi connectivity index (χ1n) is 15.1. The minimum atomic E-state index is -0.536. The lowest BCUT2D eigenvalue weighted by atomic mass is 9.72. The van der Waals surface area contributed by atoms with Gasteiger partial charge in [-0.3, -0.25) is 0 Å². The number of amides is 1. The molecule has 5 nitrogen and oxygen atoms in total. The second-order valence-corrected chi connectivity index (χ2v) is 13.1. The highest BCUT2D eigenvalue weighted by Crippen LogP contribution is 2.50. The smallest absolute Gasteiger partial charge is 0.410 e. The molecule has 0 atom stereocenters. The minimum absolute atomic E-state index is 0.109. The van der Waals surface area contributed by atoms with Crippen molar-refractivity contribution in [2.45, 2.75) is 69.3 Å². The van der Waals surface area contributed by atoms with Crippen molar-refractivity contribution in [3.8, 4) is 5.75 Å². The summed E-state index contributed by atoms with van der Waals surface area (Å²) >= 11 is 0.